The van der Waals surface area contributed by atoms with E-state index in [1.807, 2.05) is 32.1 Å². The van der Waals surface area contributed by atoms with Crippen LogP contribution < -0.4 is 0 Å². The lowest BCUT2D eigenvalue weighted by atomic mass is 10.2. The first-order valence-electron chi connectivity index (χ1n) is 4.13. The highest BCUT2D eigenvalue weighted by Gasteiger charge is 2.00. The van der Waals surface area contributed by atoms with Crippen LogP contribution in [0.1, 0.15) is 30.2 Å². The Bertz CT molecular complexity index is 343. The van der Waals surface area contributed by atoms with Gasteiger partial charge in [-0.1, -0.05) is 18.2 Å². The van der Waals surface area contributed by atoms with Crippen LogP contribution in [0.4, 0.5) is 0 Å². The maximum atomic E-state index is 10.3. The number of rotatable bonds is 3. The second-order valence-electron chi connectivity index (χ2n) is 2.70. The number of furan rings is 1. The van der Waals surface area contributed by atoms with Gasteiger partial charge in [-0.15, -0.1) is 0 Å². The number of hydrogen-bond donors (Lipinski definition) is 0. The van der Waals surface area contributed by atoms with E-state index in [2.05, 4.69) is 0 Å². The minimum Gasteiger partial charge on any atom is -0.454 e. The van der Waals surface area contributed by atoms with Gasteiger partial charge in [-0.05, 0) is 31.6 Å². The van der Waals surface area contributed by atoms with Crippen molar-refractivity contribution < 1.29 is 9.21 Å². The van der Waals surface area contributed by atoms with Crippen LogP contribution in [0.2, 0.25) is 0 Å². The molecule has 2 nitrogen and oxygen atoms in total. The van der Waals surface area contributed by atoms with Crippen molar-refractivity contribution in [1.29, 1.82) is 0 Å². The van der Waals surface area contributed by atoms with Crippen molar-refractivity contribution >= 4 is 11.9 Å². The molecule has 2 heteroatoms. The molecule has 0 atom stereocenters. The normalized spacial score (nSPS) is 12.3. The molecule has 1 rings (SSSR count). The summed E-state index contributed by atoms with van der Waals surface area (Å²) < 4.78 is 5.22. The average molecular weight is 176 g/mol. The van der Waals surface area contributed by atoms with Crippen LogP contribution in [0.25, 0.3) is 5.57 Å². The van der Waals surface area contributed by atoms with Crippen LogP contribution in [0, 0.1) is 0 Å². The second-order valence-corrected chi connectivity index (χ2v) is 2.70. The van der Waals surface area contributed by atoms with Gasteiger partial charge >= 0.3 is 0 Å². The predicted octanol–water partition coefficient (Wildman–Crippen LogP) is 3.07. The van der Waals surface area contributed by atoms with E-state index in [1.54, 1.807) is 12.1 Å². The molecule has 1 aromatic heterocycles. The lowest BCUT2D eigenvalue weighted by Crippen LogP contribution is -1.73. The molecular formula is C11H12O2. The monoisotopic (exact) mass is 176 g/mol. The Morgan fingerprint density at radius 2 is 2.23 bits per heavy atom. The van der Waals surface area contributed by atoms with Crippen molar-refractivity contribution in [2.45, 2.75) is 13.8 Å². The number of carbonyl (C=O) groups excluding carboxylic acids is 1. The van der Waals surface area contributed by atoms with Gasteiger partial charge in [0.25, 0.3) is 0 Å². The lowest BCUT2D eigenvalue weighted by molar-refractivity contribution is 0.110. The summed E-state index contributed by atoms with van der Waals surface area (Å²) in [5, 5.41) is 0. The molecule has 0 bridgehead atoms. The fourth-order valence-corrected chi connectivity index (χ4v) is 0.951. The SMILES string of the molecule is C/C=C\C=C(/C)c1ccc(C=O)o1. The van der Waals surface area contributed by atoms with E-state index in [9.17, 15) is 4.79 Å². The Labute approximate surface area is 77.6 Å². The van der Waals surface area contributed by atoms with Crippen LogP contribution in [-0.2, 0) is 0 Å². The van der Waals surface area contributed by atoms with Crippen LogP contribution >= 0.6 is 0 Å². The van der Waals surface area contributed by atoms with E-state index < -0.39 is 0 Å². The smallest absolute Gasteiger partial charge is 0.185 e. The van der Waals surface area contributed by atoms with Gasteiger partial charge in [-0.2, -0.15) is 0 Å². The summed E-state index contributed by atoms with van der Waals surface area (Å²) in [6.45, 7) is 3.89. The van der Waals surface area contributed by atoms with Gasteiger partial charge in [0.2, 0.25) is 0 Å². The largest absolute Gasteiger partial charge is 0.454 e. The molecule has 0 aliphatic rings. The number of hydrogen-bond acceptors (Lipinski definition) is 2. The summed E-state index contributed by atoms with van der Waals surface area (Å²) in [5.41, 5.74) is 1.01. The zero-order chi connectivity index (χ0) is 9.68. The van der Waals surface area contributed by atoms with Gasteiger partial charge in [0.15, 0.2) is 12.0 Å². The van der Waals surface area contributed by atoms with Gasteiger partial charge in [0.05, 0.1) is 0 Å². The molecule has 68 valence electrons. The van der Waals surface area contributed by atoms with E-state index in [4.69, 9.17) is 4.42 Å². The number of allylic oxidation sites excluding steroid dienone is 4. The molecule has 0 amide bonds. The maximum absolute atomic E-state index is 10.3. The molecule has 0 fully saturated rings. The highest BCUT2D eigenvalue weighted by Crippen LogP contribution is 2.16. The Hall–Kier alpha value is -1.57. The van der Waals surface area contributed by atoms with Crippen molar-refractivity contribution in [2.24, 2.45) is 0 Å². The zero-order valence-corrected chi connectivity index (χ0v) is 7.78. The van der Waals surface area contributed by atoms with Gasteiger partial charge in [0, 0.05) is 0 Å². The first kappa shape index (κ1) is 9.52. The zero-order valence-electron chi connectivity index (χ0n) is 7.78. The van der Waals surface area contributed by atoms with Crippen molar-refractivity contribution in [1.82, 2.24) is 0 Å². The van der Waals surface area contributed by atoms with E-state index in [0.717, 1.165) is 11.3 Å². The van der Waals surface area contributed by atoms with Crippen molar-refractivity contribution in [3.05, 3.63) is 41.9 Å². The first-order chi connectivity index (χ1) is 6.27. The van der Waals surface area contributed by atoms with Crippen LogP contribution in [0.3, 0.4) is 0 Å². The summed E-state index contributed by atoms with van der Waals surface area (Å²) in [5.74, 6) is 1.10. The molecule has 0 saturated carbocycles. The first-order valence-corrected chi connectivity index (χ1v) is 4.13. The molecule has 0 aromatic carbocycles. The summed E-state index contributed by atoms with van der Waals surface area (Å²) >= 11 is 0. The van der Waals surface area contributed by atoms with Gasteiger partial charge in [-0.25, -0.2) is 0 Å². The summed E-state index contributed by atoms with van der Waals surface area (Å²) in [4.78, 5) is 10.3. The fourth-order valence-electron chi connectivity index (χ4n) is 0.951. The quantitative estimate of drug-likeness (QED) is 0.523. The molecular weight excluding hydrogens is 164 g/mol. The van der Waals surface area contributed by atoms with E-state index in [-0.39, 0.29) is 0 Å². The Morgan fingerprint density at radius 1 is 1.46 bits per heavy atom. The minimum absolute atomic E-state index is 0.364. The van der Waals surface area contributed by atoms with Crippen molar-refractivity contribution in [3.8, 4) is 0 Å². The van der Waals surface area contributed by atoms with Gasteiger partial charge in [0.1, 0.15) is 5.76 Å². The fraction of sp³-hybridized carbons (Fsp3) is 0.182. The minimum atomic E-state index is 0.364. The summed E-state index contributed by atoms with van der Waals surface area (Å²) in [6.07, 6.45) is 6.51. The van der Waals surface area contributed by atoms with Gasteiger partial charge < -0.3 is 4.42 Å². The molecule has 13 heavy (non-hydrogen) atoms. The third-order valence-corrected chi connectivity index (χ3v) is 1.67. The number of carbonyl (C=O) groups is 1. The molecule has 0 N–H and O–H groups in total. The summed E-state index contributed by atoms with van der Waals surface area (Å²) in [6, 6.07) is 3.45. The summed E-state index contributed by atoms with van der Waals surface area (Å²) in [7, 11) is 0. The predicted molar refractivity (Wildman–Crippen MR) is 52.6 cm³/mol. The third kappa shape index (κ3) is 2.44. The van der Waals surface area contributed by atoms with E-state index in [1.165, 1.54) is 0 Å². The molecule has 0 saturated heterocycles. The molecule has 0 unspecified atom stereocenters. The Kier molecular flexibility index (Phi) is 3.26. The van der Waals surface area contributed by atoms with Crippen LogP contribution in [0.15, 0.2) is 34.8 Å². The standard InChI is InChI=1S/C11H12O2/c1-3-4-5-9(2)11-7-6-10(8-12)13-11/h3-8H,1-2H3/b4-3-,9-5+. The van der Waals surface area contributed by atoms with Crippen LogP contribution in [0.5, 0.6) is 0 Å². The lowest BCUT2D eigenvalue weighted by Gasteiger charge is -1.92. The average Bonchev–Trinajstić information content (AvgIpc) is 2.62. The number of aldehydes is 1. The molecule has 0 aliphatic carbocycles. The third-order valence-electron chi connectivity index (χ3n) is 1.67. The highest BCUT2D eigenvalue weighted by atomic mass is 16.3. The molecule has 0 radical (unpaired) electrons. The Morgan fingerprint density at radius 3 is 2.77 bits per heavy atom. The molecule has 0 aliphatic heterocycles. The Balaban J connectivity index is 2.88. The van der Waals surface area contributed by atoms with Crippen molar-refractivity contribution in [3.63, 3.8) is 0 Å². The molecule has 1 heterocycles. The molecule has 0 spiro atoms. The second kappa shape index (κ2) is 4.45. The van der Waals surface area contributed by atoms with Gasteiger partial charge in [-0.3, -0.25) is 4.79 Å². The molecule has 1 aromatic rings. The highest BCUT2D eigenvalue weighted by molar-refractivity contribution is 5.72. The van der Waals surface area contributed by atoms with E-state index >= 15 is 0 Å². The van der Waals surface area contributed by atoms with E-state index in [0.29, 0.717) is 12.0 Å². The van der Waals surface area contributed by atoms with Crippen molar-refractivity contribution in [2.75, 3.05) is 0 Å². The van der Waals surface area contributed by atoms with Crippen LogP contribution in [-0.4, -0.2) is 6.29 Å². The maximum Gasteiger partial charge on any atom is 0.185 e. The topological polar surface area (TPSA) is 30.2 Å².